The van der Waals surface area contributed by atoms with Gasteiger partial charge in [0, 0.05) is 5.02 Å². The Labute approximate surface area is 132 Å². The molecule has 132 valence electrons. The van der Waals surface area contributed by atoms with Crippen LogP contribution < -0.4 is 4.72 Å². The molecule has 0 aliphatic heterocycles. The van der Waals surface area contributed by atoms with Crippen molar-refractivity contribution in [1.82, 2.24) is 4.72 Å². The van der Waals surface area contributed by atoms with Crippen molar-refractivity contribution in [3.8, 4) is 0 Å². The summed E-state index contributed by atoms with van der Waals surface area (Å²) in [5.41, 5.74) is 0. The number of rotatable bonds is 5. The van der Waals surface area contributed by atoms with Crippen LogP contribution in [0.25, 0.3) is 0 Å². The predicted molar refractivity (Wildman–Crippen MR) is 68.2 cm³/mol. The van der Waals surface area contributed by atoms with Gasteiger partial charge in [0.1, 0.15) is 0 Å². The Kier molecular flexibility index (Phi) is 5.94. The Balaban J connectivity index is 3.20. The lowest BCUT2D eigenvalue weighted by molar-refractivity contribution is -0.292. The molecular weight excluding hydrogens is 376 g/mol. The zero-order valence-electron chi connectivity index (χ0n) is 11.0. The average Bonchev–Trinajstić information content (AvgIpc) is 2.34. The van der Waals surface area contributed by atoms with Crippen LogP contribution in [0.3, 0.4) is 0 Å². The van der Waals surface area contributed by atoms with Gasteiger partial charge in [0.15, 0.2) is 5.92 Å². The van der Waals surface area contributed by atoms with Gasteiger partial charge in [-0.25, -0.2) is 13.1 Å². The van der Waals surface area contributed by atoms with E-state index in [0.29, 0.717) is 0 Å². The van der Waals surface area contributed by atoms with Gasteiger partial charge < -0.3 is 5.11 Å². The number of alkyl halides is 6. The van der Waals surface area contributed by atoms with Crippen molar-refractivity contribution >= 4 is 21.6 Å². The second-order valence-electron chi connectivity index (χ2n) is 4.43. The molecule has 0 radical (unpaired) electrons. The van der Waals surface area contributed by atoms with Crippen LogP contribution in [0.2, 0.25) is 5.02 Å². The summed E-state index contributed by atoms with van der Waals surface area (Å²) in [7, 11) is -4.75. The van der Waals surface area contributed by atoms with E-state index in [4.69, 9.17) is 16.7 Å². The Morgan fingerprint density at radius 1 is 1.13 bits per heavy atom. The minimum atomic E-state index is -5.80. The topological polar surface area (TPSA) is 66.4 Å². The highest BCUT2D eigenvalue weighted by Gasteiger charge is 2.60. The highest BCUT2D eigenvalue weighted by atomic mass is 35.5. The first-order valence-electron chi connectivity index (χ1n) is 5.81. The van der Waals surface area contributed by atoms with Gasteiger partial charge in [-0.15, -0.1) is 0 Å². The standard InChI is InChI=1S/C11H10ClF6NO3S/c12-6-2-1-3-7(4-6)23(21,22)19-8(5-20)9(10(13,14)15)11(16,17)18/h1-4,8-9,19-20H,5H2. The van der Waals surface area contributed by atoms with Crippen LogP contribution in [0, 0.1) is 5.92 Å². The Morgan fingerprint density at radius 3 is 2.04 bits per heavy atom. The molecule has 0 spiro atoms. The summed E-state index contributed by atoms with van der Waals surface area (Å²) in [5.74, 6) is -4.06. The van der Waals surface area contributed by atoms with Crippen LogP contribution >= 0.6 is 11.6 Å². The lowest BCUT2D eigenvalue weighted by Crippen LogP contribution is -2.54. The van der Waals surface area contributed by atoms with Gasteiger partial charge in [-0.05, 0) is 18.2 Å². The molecular formula is C11H10ClF6NO3S. The molecule has 0 saturated carbocycles. The largest absolute Gasteiger partial charge is 0.402 e. The Morgan fingerprint density at radius 2 is 1.65 bits per heavy atom. The number of aliphatic hydroxyl groups is 1. The number of sulfonamides is 1. The molecule has 12 heteroatoms. The second-order valence-corrected chi connectivity index (χ2v) is 6.58. The van der Waals surface area contributed by atoms with E-state index in [1.807, 2.05) is 0 Å². The zero-order chi connectivity index (χ0) is 18.1. The minimum absolute atomic E-state index is 0.0865. The Bertz CT molecular complexity index is 632. The van der Waals surface area contributed by atoms with Crippen molar-refractivity contribution in [2.75, 3.05) is 6.61 Å². The normalized spacial score (nSPS) is 15.0. The highest BCUT2D eigenvalue weighted by Crippen LogP contribution is 2.41. The molecule has 4 nitrogen and oxygen atoms in total. The van der Waals surface area contributed by atoms with Gasteiger partial charge in [-0.1, -0.05) is 17.7 Å². The van der Waals surface area contributed by atoms with Crippen molar-refractivity contribution < 1.29 is 39.9 Å². The van der Waals surface area contributed by atoms with Crippen molar-refractivity contribution in [1.29, 1.82) is 0 Å². The van der Waals surface area contributed by atoms with E-state index >= 15 is 0 Å². The van der Waals surface area contributed by atoms with E-state index in [2.05, 4.69) is 0 Å². The molecule has 0 aliphatic rings. The van der Waals surface area contributed by atoms with Crippen molar-refractivity contribution in [3.63, 3.8) is 0 Å². The van der Waals surface area contributed by atoms with Crippen LogP contribution in [0.1, 0.15) is 0 Å². The monoisotopic (exact) mass is 385 g/mol. The van der Waals surface area contributed by atoms with E-state index in [0.717, 1.165) is 18.2 Å². The maximum atomic E-state index is 12.6. The lowest BCUT2D eigenvalue weighted by Gasteiger charge is -2.29. The minimum Gasteiger partial charge on any atom is -0.395 e. The molecule has 1 aromatic carbocycles. The number of aliphatic hydroxyl groups excluding tert-OH is 1. The van der Waals surface area contributed by atoms with Crippen LogP contribution in [0.4, 0.5) is 26.3 Å². The predicted octanol–water partition coefficient (Wildman–Crippen LogP) is 2.72. The number of halogens is 7. The first kappa shape index (κ1) is 20.0. The molecule has 1 atom stereocenters. The van der Waals surface area contributed by atoms with E-state index in [1.54, 1.807) is 0 Å². The molecule has 1 rings (SSSR count). The molecule has 1 aromatic rings. The molecule has 2 N–H and O–H groups in total. The molecule has 1 unspecified atom stereocenters. The van der Waals surface area contributed by atoms with Crippen LogP contribution in [-0.2, 0) is 10.0 Å². The first-order valence-corrected chi connectivity index (χ1v) is 7.67. The van der Waals surface area contributed by atoms with Crippen LogP contribution in [0.5, 0.6) is 0 Å². The molecule has 23 heavy (non-hydrogen) atoms. The quantitative estimate of drug-likeness (QED) is 0.766. The summed E-state index contributed by atoms with van der Waals surface area (Å²) < 4.78 is 101. The van der Waals surface area contributed by atoms with E-state index < -0.39 is 45.8 Å². The van der Waals surface area contributed by atoms with Crippen LogP contribution in [-0.4, -0.2) is 38.5 Å². The van der Waals surface area contributed by atoms with Gasteiger partial charge in [0.25, 0.3) is 0 Å². The SMILES string of the molecule is O=S(=O)(NC(CO)C(C(F)(F)F)C(F)(F)F)c1cccc(Cl)c1. The fraction of sp³-hybridized carbons (Fsp3) is 0.455. The molecule has 0 amide bonds. The average molecular weight is 386 g/mol. The van der Waals surface area contributed by atoms with Gasteiger partial charge in [-0.3, -0.25) is 0 Å². The molecule has 0 aromatic heterocycles. The summed E-state index contributed by atoms with van der Waals surface area (Å²) in [4.78, 5) is -0.633. The van der Waals surface area contributed by atoms with Gasteiger partial charge >= 0.3 is 12.4 Å². The van der Waals surface area contributed by atoms with E-state index in [1.165, 1.54) is 10.8 Å². The summed E-state index contributed by atoms with van der Waals surface area (Å²) in [6.45, 7) is -1.70. The first-order chi connectivity index (χ1) is 10.3. The van der Waals surface area contributed by atoms with Gasteiger partial charge in [-0.2, -0.15) is 26.3 Å². The summed E-state index contributed by atoms with van der Waals surface area (Å²) in [5, 5.41) is 8.75. The third-order valence-corrected chi connectivity index (χ3v) is 4.44. The molecule has 0 aliphatic carbocycles. The Hall–Kier alpha value is -1.04. The number of hydrogen-bond acceptors (Lipinski definition) is 3. The van der Waals surface area contributed by atoms with E-state index in [-0.39, 0.29) is 5.02 Å². The summed E-state index contributed by atoms with van der Waals surface area (Å²) >= 11 is 5.53. The molecule has 0 fully saturated rings. The second kappa shape index (κ2) is 6.83. The van der Waals surface area contributed by atoms with Crippen molar-refractivity contribution in [2.24, 2.45) is 5.92 Å². The molecule has 0 heterocycles. The maximum absolute atomic E-state index is 12.6. The number of benzene rings is 1. The number of nitrogens with one attached hydrogen (secondary N) is 1. The van der Waals surface area contributed by atoms with Crippen molar-refractivity contribution in [3.05, 3.63) is 29.3 Å². The highest BCUT2D eigenvalue weighted by molar-refractivity contribution is 7.89. The summed E-state index contributed by atoms with van der Waals surface area (Å²) in [6.07, 6.45) is -11.6. The lowest BCUT2D eigenvalue weighted by atomic mass is 10.00. The van der Waals surface area contributed by atoms with Gasteiger partial charge in [0.05, 0.1) is 17.5 Å². The maximum Gasteiger partial charge on any atom is 0.402 e. The number of hydrogen-bond donors (Lipinski definition) is 2. The van der Waals surface area contributed by atoms with Gasteiger partial charge in [0.2, 0.25) is 10.0 Å². The van der Waals surface area contributed by atoms with Crippen molar-refractivity contribution in [2.45, 2.75) is 23.3 Å². The molecule has 0 saturated heterocycles. The van der Waals surface area contributed by atoms with E-state index in [9.17, 15) is 34.8 Å². The smallest absolute Gasteiger partial charge is 0.395 e. The van der Waals surface area contributed by atoms with Crippen LogP contribution in [0.15, 0.2) is 29.2 Å². The fourth-order valence-corrected chi connectivity index (χ4v) is 3.29. The third-order valence-electron chi connectivity index (χ3n) is 2.72. The third kappa shape index (κ3) is 5.23. The fourth-order valence-electron chi connectivity index (χ4n) is 1.75. The zero-order valence-corrected chi connectivity index (χ0v) is 12.6. The molecule has 0 bridgehead atoms. The summed E-state index contributed by atoms with van der Waals surface area (Å²) in [6, 6.07) is 1.35.